The molecule has 0 aliphatic carbocycles. The van der Waals surface area contributed by atoms with Crippen molar-refractivity contribution in [3.8, 4) is 22.6 Å². The maximum atomic E-state index is 6.36. The fraction of sp³-hybridized carbons (Fsp3) is 0.182. The number of benzene rings is 3. The summed E-state index contributed by atoms with van der Waals surface area (Å²) in [4.78, 5) is 0. The van der Waals surface area contributed by atoms with Crippen LogP contribution in [0.2, 0.25) is 5.02 Å². The Morgan fingerprint density at radius 1 is 0.962 bits per heavy atom. The molecule has 0 saturated carbocycles. The Morgan fingerprint density at radius 2 is 1.73 bits per heavy atom. The van der Waals surface area contributed by atoms with Crippen LogP contribution in [0, 0.1) is 6.92 Å². The number of aryl methyl sites for hydroxylation is 1. The maximum absolute atomic E-state index is 6.36. The summed E-state index contributed by atoms with van der Waals surface area (Å²) in [6.07, 6.45) is 0. The monoisotopic (exact) mass is 367 g/mol. The Morgan fingerprint density at radius 3 is 2.50 bits per heavy atom. The van der Waals surface area contributed by atoms with Crippen LogP contribution in [-0.4, -0.2) is 14.2 Å². The lowest BCUT2D eigenvalue weighted by atomic mass is 10.0. The van der Waals surface area contributed by atoms with E-state index in [1.54, 1.807) is 7.11 Å². The largest absolute Gasteiger partial charge is 0.497 e. The highest BCUT2D eigenvalue weighted by atomic mass is 35.5. The van der Waals surface area contributed by atoms with Crippen molar-refractivity contribution < 1.29 is 9.47 Å². The van der Waals surface area contributed by atoms with Crippen molar-refractivity contribution in [3.63, 3.8) is 0 Å². The third kappa shape index (κ3) is 3.94. The molecule has 3 aromatic carbocycles. The second kappa shape index (κ2) is 8.15. The summed E-state index contributed by atoms with van der Waals surface area (Å²) in [6, 6.07) is 19.9. The molecular formula is C22H22ClNO2. The third-order valence-electron chi connectivity index (χ3n) is 4.39. The van der Waals surface area contributed by atoms with Crippen LogP contribution in [0.15, 0.2) is 60.7 Å². The van der Waals surface area contributed by atoms with Crippen molar-refractivity contribution in [1.82, 2.24) is 0 Å². The molecule has 0 unspecified atom stereocenters. The first-order chi connectivity index (χ1) is 12.6. The molecule has 0 atom stereocenters. The van der Waals surface area contributed by atoms with Gasteiger partial charge in [0.05, 0.1) is 12.1 Å². The van der Waals surface area contributed by atoms with E-state index in [1.807, 2.05) is 61.6 Å². The maximum Gasteiger partial charge on any atom is 0.139 e. The van der Waals surface area contributed by atoms with Crippen molar-refractivity contribution in [1.29, 1.82) is 0 Å². The molecule has 0 amide bonds. The van der Waals surface area contributed by atoms with Crippen molar-refractivity contribution in [2.45, 2.75) is 13.5 Å². The lowest BCUT2D eigenvalue weighted by Gasteiger charge is -2.15. The molecule has 0 saturated heterocycles. The quantitative estimate of drug-likeness (QED) is 0.584. The molecule has 3 aromatic rings. The number of methoxy groups -OCH3 is 1. The lowest BCUT2D eigenvalue weighted by Crippen LogP contribution is -2.03. The Kier molecular flexibility index (Phi) is 5.69. The lowest BCUT2D eigenvalue weighted by molar-refractivity contribution is 0.306. The third-order valence-corrected chi connectivity index (χ3v) is 4.70. The van der Waals surface area contributed by atoms with E-state index < -0.39 is 0 Å². The second-order valence-electron chi connectivity index (χ2n) is 6.02. The summed E-state index contributed by atoms with van der Waals surface area (Å²) < 4.78 is 11.4. The van der Waals surface area contributed by atoms with Gasteiger partial charge in [-0.3, -0.25) is 0 Å². The minimum atomic E-state index is 0.449. The van der Waals surface area contributed by atoms with Crippen LogP contribution < -0.4 is 14.8 Å². The van der Waals surface area contributed by atoms with E-state index in [0.29, 0.717) is 17.4 Å². The van der Waals surface area contributed by atoms with Crippen molar-refractivity contribution in [2.75, 3.05) is 19.5 Å². The van der Waals surface area contributed by atoms with E-state index in [0.717, 1.165) is 28.1 Å². The van der Waals surface area contributed by atoms with Gasteiger partial charge in [0, 0.05) is 18.3 Å². The van der Waals surface area contributed by atoms with E-state index in [1.165, 1.54) is 5.56 Å². The minimum absolute atomic E-state index is 0.449. The van der Waals surface area contributed by atoms with Gasteiger partial charge in [-0.25, -0.2) is 0 Å². The first-order valence-corrected chi connectivity index (χ1v) is 8.83. The van der Waals surface area contributed by atoms with Crippen molar-refractivity contribution >= 4 is 17.3 Å². The van der Waals surface area contributed by atoms with Gasteiger partial charge in [0.25, 0.3) is 0 Å². The fourth-order valence-corrected chi connectivity index (χ4v) is 3.05. The molecule has 0 heterocycles. The molecule has 0 bridgehead atoms. The highest BCUT2D eigenvalue weighted by molar-refractivity contribution is 6.32. The van der Waals surface area contributed by atoms with Gasteiger partial charge in [0.15, 0.2) is 0 Å². The molecule has 0 radical (unpaired) electrons. The summed E-state index contributed by atoms with van der Waals surface area (Å²) in [5.41, 5.74) is 5.44. The summed E-state index contributed by atoms with van der Waals surface area (Å²) in [5, 5.41) is 3.80. The van der Waals surface area contributed by atoms with Crippen molar-refractivity contribution in [3.05, 3.63) is 76.8 Å². The second-order valence-corrected chi connectivity index (χ2v) is 6.42. The van der Waals surface area contributed by atoms with Gasteiger partial charge in [-0.05, 0) is 53.9 Å². The van der Waals surface area contributed by atoms with Crippen LogP contribution in [0.3, 0.4) is 0 Å². The van der Waals surface area contributed by atoms with Crippen molar-refractivity contribution in [2.24, 2.45) is 0 Å². The first kappa shape index (κ1) is 18.2. The molecule has 0 fully saturated rings. The van der Waals surface area contributed by atoms with Gasteiger partial charge < -0.3 is 14.8 Å². The van der Waals surface area contributed by atoms with Gasteiger partial charge in [-0.1, -0.05) is 41.9 Å². The Hall–Kier alpha value is -2.65. The van der Waals surface area contributed by atoms with E-state index in [9.17, 15) is 0 Å². The van der Waals surface area contributed by atoms with Crippen LogP contribution in [0.4, 0.5) is 5.69 Å². The predicted octanol–water partition coefficient (Wildman–Crippen LogP) is 5.94. The van der Waals surface area contributed by atoms with Crippen LogP contribution in [0.25, 0.3) is 11.1 Å². The summed E-state index contributed by atoms with van der Waals surface area (Å²) in [6.45, 7) is 2.53. The molecule has 4 heteroatoms. The average molecular weight is 368 g/mol. The fourth-order valence-electron chi connectivity index (χ4n) is 2.87. The van der Waals surface area contributed by atoms with Gasteiger partial charge in [0.1, 0.15) is 18.1 Å². The predicted molar refractivity (Wildman–Crippen MR) is 108 cm³/mol. The number of nitrogens with one attached hydrogen (secondary N) is 1. The van der Waals surface area contributed by atoms with Gasteiger partial charge in [0.2, 0.25) is 0 Å². The number of anilines is 1. The Balaban J connectivity index is 1.87. The topological polar surface area (TPSA) is 30.5 Å². The molecular weight excluding hydrogens is 346 g/mol. The SMILES string of the molecule is CNc1cccc(C)c1COc1cc(-c2cccc(OC)c2)ccc1Cl. The molecule has 134 valence electrons. The zero-order valence-electron chi connectivity index (χ0n) is 15.2. The first-order valence-electron chi connectivity index (χ1n) is 8.45. The van der Waals surface area contributed by atoms with Gasteiger partial charge >= 0.3 is 0 Å². The van der Waals surface area contributed by atoms with E-state index >= 15 is 0 Å². The molecule has 3 nitrogen and oxygen atoms in total. The summed E-state index contributed by atoms with van der Waals surface area (Å²) in [5.74, 6) is 1.48. The normalized spacial score (nSPS) is 10.5. The molecule has 0 aromatic heterocycles. The van der Waals surface area contributed by atoms with E-state index in [-0.39, 0.29) is 0 Å². The molecule has 0 aliphatic heterocycles. The smallest absolute Gasteiger partial charge is 0.139 e. The standard InChI is InChI=1S/C22H22ClNO2/c1-15-6-4-9-21(24-2)19(15)14-26-22-13-17(10-11-20(22)23)16-7-5-8-18(12-16)25-3/h4-13,24H,14H2,1-3H3. The number of rotatable bonds is 6. The average Bonchev–Trinajstić information content (AvgIpc) is 2.68. The molecule has 3 rings (SSSR count). The Labute approximate surface area is 159 Å². The zero-order chi connectivity index (χ0) is 18.5. The van der Waals surface area contributed by atoms with Crippen LogP contribution in [0.5, 0.6) is 11.5 Å². The highest BCUT2D eigenvalue weighted by Crippen LogP contribution is 2.33. The molecule has 26 heavy (non-hydrogen) atoms. The highest BCUT2D eigenvalue weighted by Gasteiger charge is 2.09. The summed E-state index contributed by atoms with van der Waals surface area (Å²) >= 11 is 6.36. The zero-order valence-corrected chi connectivity index (χ0v) is 15.9. The van der Waals surface area contributed by atoms with E-state index in [2.05, 4.69) is 18.3 Å². The number of halogens is 1. The number of hydrogen-bond acceptors (Lipinski definition) is 3. The minimum Gasteiger partial charge on any atom is -0.497 e. The number of hydrogen-bond donors (Lipinski definition) is 1. The number of ether oxygens (including phenoxy) is 2. The van der Waals surface area contributed by atoms with Crippen LogP contribution >= 0.6 is 11.6 Å². The molecule has 0 aliphatic rings. The molecule has 1 N–H and O–H groups in total. The van der Waals surface area contributed by atoms with Crippen LogP contribution in [-0.2, 0) is 6.61 Å². The van der Waals surface area contributed by atoms with E-state index in [4.69, 9.17) is 21.1 Å². The van der Waals surface area contributed by atoms with Crippen LogP contribution in [0.1, 0.15) is 11.1 Å². The Bertz CT molecular complexity index is 908. The van der Waals surface area contributed by atoms with Gasteiger partial charge in [-0.2, -0.15) is 0 Å². The summed E-state index contributed by atoms with van der Waals surface area (Å²) in [7, 11) is 3.58. The molecule has 0 spiro atoms. The van der Waals surface area contributed by atoms with Gasteiger partial charge in [-0.15, -0.1) is 0 Å².